The van der Waals surface area contributed by atoms with Crippen LogP contribution < -0.4 is 5.32 Å². The fourth-order valence-corrected chi connectivity index (χ4v) is 1.39. The second-order valence-corrected chi connectivity index (χ2v) is 3.52. The van der Waals surface area contributed by atoms with Gasteiger partial charge in [0.15, 0.2) is 5.78 Å². The van der Waals surface area contributed by atoms with Gasteiger partial charge in [-0.3, -0.25) is 10.1 Å². The van der Waals surface area contributed by atoms with Gasteiger partial charge in [-0.25, -0.2) is 0 Å². The number of hydrogen-bond acceptors (Lipinski definition) is 2. The maximum absolute atomic E-state index is 11.4. The molecule has 0 unspecified atom stereocenters. The van der Waals surface area contributed by atoms with E-state index in [2.05, 4.69) is 11.2 Å². The van der Waals surface area contributed by atoms with Gasteiger partial charge in [-0.05, 0) is 11.6 Å². The fraction of sp³-hybridized carbons (Fsp3) is 0.250. The Bertz CT molecular complexity index is 381. The molecule has 15 heavy (non-hydrogen) atoms. The fourth-order valence-electron chi connectivity index (χ4n) is 1.19. The molecular formula is C12H12ClNO. The molecule has 1 N–H and O–H groups in total. The van der Waals surface area contributed by atoms with Crippen LogP contribution in [0.5, 0.6) is 0 Å². The van der Waals surface area contributed by atoms with Gasteiger partial charge >= 0.3 is 0 Å². The van der Waals surface area contributed by atoms with Gasteiger partial charge in [-0.2, -0.15) is 0 Å². The van der Waals surface area contributed by atoms with Crippen molar-refractivity contribution in [2.45, 2.75) is 6.42 Å². The molecule has 1 aromatic carbocycles. The molecule has 0 fully saturated rings. The van der Waals surface area contributed by atoms with Crippen molar-refractivity contribution >= 4 is 17.4 Å². The van der Waals surface area contributed by atoms with Gasteiger partial charge in [0, 0.05) is 11.4 Å². The molecular weight excluding hydrogens is 210 g/mol. The van der Waals surface area contributed by atoms with Crippen molar-refractivity contribution in [1.82, 2.24) is 5.32 Å². The Balaban J connectivity index is 2.45. The maximum atomic E-state index is 11.4. The molecule has 0 aliphatic rings. The van der Waals surface area contributed by atoms with Crippen molar-refractivity contribution in [3.8, 4) is 12.3 Å². The number of rotatable bonds is 5. The van der Waals surface area contributed by atoms with E-state index in [4.69, 9.17) is 18.0 Å². The molecule has 0 aromatic heterocycles. The Labute approximate surface area is 94.6 Å². The molecule has 0 spiro atoms. The quantitative estimate of drug-likeness (QED) is 0.606. The van der Waals surface area contributed by atoms with E-state index in [-0.39, 0.29) is 12.3 Å². The molecule has 0 saturated heterocycles. The summed E-state index contributed by atoms with van der Waals surface area (Å²) in [6.45, 7) is 0.698. The van der Waals surface area contributed by atoms with E-state index in [9.17, 15) is 4.79 Å². The number of Topliss-reactive ketones (excluding diaryl/α,β-unsaturated/α-hetero) is 1. The molecule has 0 aliphatic carbocycles. The topological polar surface area (TPSA) is 29.1 Å². The van der Waals surface area contributed by atoms with E-state index in [0.717, 1.165) is 5.56 Å². The summed E-state index contributed by atoms with van der Waals surface area (Å²) < 4.78 is 0. The normalized spacial score (nSPS) is 9.60. The molecule has 0 amide bonds. The zero-order chi connectivity index (χ0) is 11.1. The average Bonchev–Trinajstić information content (AvgIpc) is 2.22. The number of carbonyl (C=O) groups is 1. The first kappa shape index (κ1) is 11.8. The first-order chi connectivity index (χ1) is 7.24. The Morgan fingerprint density at radius 3 is 2.87 bits per heavy atom. The standard InChI is InChI=1S/C12H12ClNO/c1-2-7-14-9-11(15)8-10-5-3-4-6-12(10)13/h1,3-6,14H,7-9H2. The summed E-state index contributed by atoms with van der Waals surface area (Å²) in [6.07, 6.45) is 5.39. The van der Waals surface area contributed by atoms with Crippen molar-refractivity contribution in [2.24, 2.45) is 0 Å². The number of carbonyl (C=O) groups excluding carboxylic acids is 1. The summed E-state index contributed by atoms with van der Waals surface area (Å²) >= 11 is 5.92. The van der Waals surface area contributed by atoms with Crippen LogP contribution in [0.25, 0.3) is 0 Å². The van der Waals surface area contributed by atoms with Crippen molar-refractivity contribution in [3.63, 3.8) is 0 Å². The highest BCUT2D eigenvalue weighted by molar-refractivity contribution is 6.31. The summed E-state index contributed by atoms with van der Waals surface area (Å²) in [5, 5.41) is 3.47. The molecule has 3 heteroatoms. The summed E-state index contributed by atoms with van der Waals surface area (Å²) in [6, 6.07) is 7.33. The largest absolute Gasteiger partial charge is 0.299 e. The van der Waals surface area contributed by atoms with Gasteiger partial charge in [-0.15, -0.1) is 6.42 Å². The SMILES string of the molecule is C#CCNCC(=O)Cc1ccccc1Cl. The smallest absolute Gasteiger partial charge is 0.151 e. The second kappa shape index (κ2) is 6.23. The maximum Gasteiger partial charge on any atom is 0.151 e. The van der Waals surface area contributed by atoms with Crippen molar-refractivity contribution in [3.05, 3.63) is 34.9 Å². The van der Waals surface area contributed by atoms with E-state index in [1.807, 2.05) is 18.2 Å². The second-order valence-electron chi connectivity index (χ2n) is 3.11. The number of halogens is 1. The highest BCUT2D eigenvalue weighted by atomic mass is 35.5. The minimum Gasteiger partial charge on any atom is -0.299 e. The van der Waals surface area contributed by atoms with E-state index < -0.39 is 0 Å². The highest BCUT2D eigenvalue weighted by Crippen LogP contribution is 2.15. The van der Waals surface area contributed by atoms with Crippen LogP contribution in [0, 0.1) is 12.3 Å². The Morgan fingerprint density at radius 1 is 1.47 bits per heavy atom. The number of hydrogen-bond donors (Lipinski definition) is 1. The Morgan fingerprint density at radius 2 is 2.20 bits per heavy atom. The van der Waals surface area contributed by atoms with E-state index in [1.165, 1.54) is 0 Å². The van der Waals surface area contributed by atoms with Gasteiger partial charge in [0.05, 0.1) is 13.1 Å². The average molecular weight is 222 g/mol. The van der Waals surface area contributed by atoms with Crippen LogP contribution in [-0.4, -0.2) is 18.9 Å². The van der Waals surface area contributed by atoms with Gasteiger partial charge in [-0.1, -0.05) is 35.7 Å². The lowest BCUT2D eigenvalue weighted by Gasteiger charge is -2.03. The highest BCUT2D eigenvalue weighted by Gasteiger charge is 2.05. The minimum atomic E-state index is 0.0818. The number of terminal acetylenes is 1. The molecule has 0 saturated carbocycles. The van der Waals surface area contributed by atoms with Crippen LogP contribution >= 0.6 is 11.6 Å². The Kier molecular flexibility index (Phi) is 4.89. The predicted molar refractivity (Wildman–Crippen MR) is 61.9 cm³/mol. The molecule has 0 radical (unpaired) electrons. The molecule has 78 valence electrons. The Hall–Kier alpha value is -1.30. The van der Waals surface area contributed by atoms with Gasteiger partial charge in [0.1, 0.15) is 0 Å². The van der Waals surface area contributed by atoms with E-state index in [1.54, 1.807) is 6.07 Å². The van der Waals surface area contributed by atoms with Gasteiger partial charge in [0.25, 0.3) is 0 Å². The van der Waals surface area contributed by atoms with Gasteiger partial charge in [0.2, 0.25) is 0 Å². The molecule has 1 aromatic rings. The van der Waals surface area contributed by atoms with E-state index >= 15 is 0 Å². The lowest BCUT2D eigenvalue weighted by molar-refractivity contribution is -0.117. The van der Waals surface area contributed by atoms with Crippen LogP contribution in [0.2, 0.25) is 5.02 Å². The monoisotopic (exact) mass is 221 g/mol. The molecule has 0 aliphatic heterocycles. The van der Waals surface area contributed by atoms with Crippen molar-refractivity contribution in [1.29, 1.82) is 0 Å². The minimum absolute atomic E-state index is 0.0818. The third-order valence-electron chi connectivity index (χ3n) is 1.89. The first-order valence-corrected chi connectivity index (χ1v) is 5.01. The number of benzene rings is 1. The zero-order valence-corrected chi connectivity index (χ0v) is 9.05. The number of ketones is 1. The summed E-state index contributed by atoms with van der Waals surface area (Å²) in [7, 11) is 0. The number of nitrogens with one attached hydrogen (secondary N) is 1. The van der Waals surface area contributed by atoms with Crippen molar-refractivity contribution < 1.29 is 4.79 Å². The molecule has 1 rings (SSSR count). The van der Waals surface area contributed by atoms with Crippen LogP contribution in [-0.2, 0) is 11.2 Å². The van der Waals surface area contributed by atoms with Crippen LogP contribution in [0.1, 0.15) is 5.56 Å². The summed E-state index contributed by atoms with van der Waals surface area (Å²) in [4.78, 5) is 11.4. The molecule has 0 bridgehead atoms. The summed E-state index contributed by atoms with van der Waals surface area (Å²) in [5.41, 5.74) is 0.853. The third kappa shape index (κ3) is 4.16. The first-order valence-electron chi connectivity index (χ1n) is 4.63. The zero-order valence-electron chi connectivity index (χ0n) is 8.29. The van der Waals surface area contributed by atoms with Crippen LogP contribution in [0.3, 0.4) is 0 Å². The van der Waals surface area contributed by atoms with Crippen LogP contribution in [0.4, 0.5) is 0 Å². The predicted octanol–water partition coefficient (Wildman–Crippen LogP) is 1.67. The molecule has 2 nitrogen and oxygen atoms in total. The van der Waals surface area contributed by atoms with Gasteiger partial charge < -0.3 is 0 Å². The van der Waals surface area contributed by atoms with Crippen LogP contribution in [0.15, 0.2) is 24.3 Å². The third-order valence-corrected chi connectivity index (χ3v) is 2.26. The lowest BCUT2D eigenvalue weighted by Crippen LogP contribution is -2.24. The van der Waals surface area contributed by atoms with Crippen molar-refractivity contribution in [2.75, 3.05) is 13.1 Å². The van der Waals surface area contributed by atoms with E-state index in [0.29, 0.717) is 18.0 Å². The molecule has 0 heterocycles. The summed E-state index contributed by atoms with van der Waals surface area (Å²) in [5.74, 6) is 2.49. The molecule has 0 atom stereocenters. The lowest BCUT2D eigenvalue weighted by atomic mass is 10.1.